The molecule has 5 heterocycles. The van der Waals surface area contributed by atoms with Crippen molar-refractivity contribution in [3.8, 4) is 46.0 Å². The number of phenols is 2. The highest BCUT2D eigenvalue weighted by molar-refractivity contribution is 5.70. The van der Waals surface area contributed by atoms with Crippen molar-refractivity contribution in [1.29, 1.82) is 0 Å². The van der Waals surface area contributed by atoms with Crippen LogP contribution < -0.4 is 14.2 Å². The first kappa shape index (κ1) is 32.0. The van der Waals surface area contributed by atoms with Gasteiger partial charge in [0.1, 0.15) is 5.75 Å². The Morgan fingerprint density at radius 1 is 0.694 bits per heavy atom. The Balaban J connectivity index is 1.34. The van der Waals surface area contributed by atoms with Crippen LogP contribution >= 0.6 is 0 Å². The molecule has 2 N–H and O–H groups in total. The Hall–Kier alpha value is -4.28. The van der Waals surface area contributed by atoms with Crippen LogP contribution in [0.1, 0.15) is 56.6 Å². The standard InChI is InChI=1S/C40H46N4O5/c1-41(2)21-26-15-24-17-31-29-20-34-33(19-25(29)11-13-43(31)5)49-40-38(46)30(22-42(3)4)28-12-14-44(6)32(36(28)39(40)48-34)16-23-7-9-27(10-8-23)47-35(18-24)37(26)45/h7-10,15,18-20,31-32,45-46H,11-14,16-17,21-22H2,1-6H3/t31-,32-/m0/s1. The molecule has 0 aliphatic carbocycles. The summed E-state index contributed by atoms with van der Waals surface area (Å²) < 4.78 is 20.1. The topological polar surface area (TPSA) is 81.1 Å². The van der Waals surface area contributed by atoms with E-state index in [4.69, 9.17) is 14.2 Å². The second-order valence-corrected chi connectivity index (χ2v) is 14.8. The molecule has 9 heteroatoms. The molecule has 0 amide bonds. The minimum Gasteiger partial charge on any atom is -0.504 e. The van der Waals surface area contributed by atoms with Crippen molar-refractivity contribution in [3.05, 3.63) is 93.0 Å². The van der Waals surface area contributed by atoms with E-state index < -0.39 is 0 Å². The molecule has 0 radical (unpaired) electrons. The van der Waals surface area contributed by atoms with Crippen molar-refractivity contribution in [2.75, 3.05) is 55.4 Å². The highest BCUT2D eigenvalue weighted by atomic mass is 16.6. The fourth-order valence-electron chi connectivity index (χ4n) is 8.18. The number of aromatic hydroxyl groups is 2. The van der Waals surface area contributed by atoms with E-state index in [9.17, 15) is 10.2 Å². The SMILES string of the molecule is CN(C)Cc1cc2cc(c1O)Oc1ccc(cc1)C[C@H]1c3c(c(CN(C)C)c(O)c4c3Oc3cc5c(cc3O4)CCN(C)[C@H]5C2)CCN1C. The van der Waals surface area contributed by atoms with E-state index in [2.05, 4.69) is 64.0 Å². The van der Waals surface area contributed by atoms with Crippen LogP contribution in [-0.2, 0) is 38.8 Å². The molecule has 2 atom stereocenters. The molecule has 0 saturated heterocycles. The van der Waals surface area contributed by atoms with Gasteiger partial charge >= 0.3 is 0 Å². The third kappa shape index (κ3) is 5.68. The summed E-state index contributed by atoms with van der Waals surface area (Å²) in [6, 6.07) is 16.6. The summed E-state index contributed by atoms with van der Waals surface area (Å²) in [5.74, 6) is 3.84. The van der Waals surface area contributed by atoms with Crippen LogP contribution in [0, 0.1) is 0 Å². The molecule has 256 valence electrons. The zero-order valence-corrected chi connectivity index (χ0v) is 29.3. The minimum atomic E-state index is 0.000593. The zero-order valence-electron chi connectivity index (χ0n) is 29.3. The van der Waals surface area contributed by atoms with Crippen molar-refractivity contribution in [2.24, 2.45) is 0 Å². The number of hydrogen-bond acceptors (Lipinski definition) is 9. The second kappa shape index (κ2) is 12.2. The average Bonchev–Trinajstić information content (AvgIpc) is 3.06. The highest BCUT2D eigenvalue weighted by Crippen LogP contribution is 2.58. The fourth-order valence-corrected chi connectivity index (χ4v) is 8.18. The van der Waals surface area contributed by atoms with Gasteiger partial charge in [-0.05, 0) is 126 Å². The average molecular weight is 663 g/mol. The van der Waals surface area contributed by atoms with E-state index in [1.165, 1.54) is 11.1 Å². The highest BCUT2D eigenvalue weighted by Gasteiger charge is 2.39. The first-order valence-corrected chi connectivity index (χ1v) is 17.3. The fraction of sp³-hybridized carbons (Fsp3) is 0.400. The maximum Gasteiger partial charge on any atom is 0.212 e. The van der Waals surface area contributed by atoms with Gasteiger partial charge in [0.05, 0.1) is 0 Å². The van der Waals surface area contributed by atoms with Gasteiger partial charge in [-0.3, -0.25) is 9.80 Å². The number of nitrogens with zero attached hydrogens (tertiary/aromatic N) is 4. The Kier molecular flexibility index (Phi) is 7.99. The Morgan fingerprint density at radius 2 is 1.37 bits per heavy atom. The predicted molar refractivity (Wildman–Crippen MR) is 190 cm³/mol. The van der Waals surface area contributed by atoms with Crippen LogP contribution in [0.5, 0.6) is 46.0 Å². The summed E-state index contributed by atoms with van der Waals surface area (Å²) in [4.78, 5) is 8.94. The number of hydrogen-bond donors (Lipinski definition) is 2. The van der Waals surface area contributed by atoms with Gasteiger partial charge in [0.2, 0.25) is 5.75 Å². The third-order valence-corrected chi connectivity index (χ3v) is 10.7. The van der Waals surface area contributed by atoms with Gasteiger partial charge in [-0.15, -0.1) is 0 Å². The van der Waals surface area contributed by atoms with Crippen molar-refractivity contribution < 1.29 is 24.4 Å². The van der Waals surface area contributed by atoms with Crippen LogP contribution in [0.4, 0.5) is 0 Å². The molecule has 7 bridgehead atoms. The lowest BCUT2D eigenvalue weighted by Gasteiger charge is -2.40. The summed E-state index contributed by atoms with van der Waals surface area (Å²) >= 11 is 0. The first-order chi connectivity index (χ1) is 23.5. The number of phenolic OH excluding ortho intramolecular Hbond substituents is 2. The lowest BCUT2D eigenvalue weighted by molar-refractivity contribution is 0.216. The molecular formula is C40H46N4O5. The predicted octanol–water partition coefficient (Wildman–Crippen LogP) is 6.77. The summed E-state index contributed by atoms with van der Waals surface area (Å²) in [6.45, 7) is 2.95. The zero-order chi connectivity index (χ0) is 34.1. The summed E-state index contributed by atoms with van der Waals surface area (Å²) in [6.07, 6.45) is 3.16. The van der Waals surface area contributed by atoms with Crippen LogP contribution in [0.15, 0.2) is 48.5 Å². The largest absolute Gasteiger partial charge is 0.504 e. The van der Waals surface area contributed by atoms with Gasteiger partial charge in [0.25, 0.3) is 0 Å². The first-order valence-electron chi connectivity index (χ1n) is 17.3. The van der Waals surface area contributed by atoms with Crippen molar-refractivity contribution in [2.45, 2.75) is 50.9 Å². The lowest BCUT2D eigenvalue weighted by atomic mass is 9.84. The maximum absolute atomic E-state index is 11.8. The third-order valence-electron chi connectivity index (χ3n) is 10.7. The molecule has 9 rings (SSSR count). The summed E-state index contributed by atoms with van der Waals surface area (Å²) in [5, 5.41) is 23.2. The van der Waals surface area contributed by atoms with E-state index in [1.54, 1.807) is 0 Å². The van der Waals surface area contributed by atoms with Gasteiger partial charge < -0.3 is 34.2 Å². The van der Waals surface area contributed by atoms with E-state index in [0.717, 1.165) is 72.2 Å². The van der Waals surface area contributed by atoms with Gasteiger partial charge in [-0.25, -0.2) is 0 Å². The molecule has 0 spiro atoms. The van der Waals surface area contributed by atoms with Crippen LogP contribution in [0.3, 0.4) is 0 Å². The van der Waals surface area contributed by atoms with E-state index in [1.807, 2.05) is 46.4 Å². The molecule has 0 fully saturated rings. The quantitative estimate of drug-likeness (QED) is 0.217. The number of rotatable bonds is 4. The molecule has 0 unspecified atom stereocenters. The van der Waals surface area contributed by atoms with E-state index >= 15 is 0 Å². The molecule has 49 heavy (non-hydrogen) atoms. The van der Waals surface area contributed by atoms with Crippen LogP contribution in [0.25, 0.3) is 0 Å². The number of likely N-dealkylation sites (N-methyl/N-ethyl adjacent to an activating group) is 2. The molecule has 0 saturated carbocycles. The monoisotopic (exact) mass is 662 g/mol. The Bertz CT molecular complexity index is 1940. The van der Waals surface area contributed by atoms with Crippen molar-refractivity contribution >= 4 is 0 Å². The molecular weight excluding hydrogens is 616 g/mol. The molecule has 9 nitrogen and oxygen atoms in total. The van der Waals surface area contributed by atoms with Gasteiger partial charge in [0, 0.05) is 55.0 Å². The van der Waals surface area contributed by atoms with Crippen molar-refractivity contribution in [3.63, 3.8) is 0 Å². The number of fused-ring (bicyclic) bond motifs is 2. The smallest absolute Gasteiger partial charge is 0.212 e. The van der Waals surface area contributed by atoms with Crippen LogP contribution in [0.2, 0.25) is 0 Å². The van der Waals surface area contributed by atoms with Gasteiger partial charge in [-0.1, -0.05) is 18.2 Å². The van der Waals surface area contributed by atoms with Gasteiger partial charge in [0.15, 0.2) is 34.5 Å². The molecule has 4 aromatic carbocycles. The Morgan fingerprint density at radius 3 is 2.12 bits per heavy atom. The van der Waals surface area contributed by atoms with Gasteiger partial charge in [-0.2, -0.15) is 0 Å². The maximum atomic E-state index is 11.8. The summed E-state index contributed by atoms with van der Waals surface area (Å²) in [5.41, 5.74) is 8.63. The molecule has 0 aromatic heterocycles. The van der Waals surface area contributed by atoms with Crippen LogP contribution in [-0.4, -0.2) is 85.2 Å². The summed E-state index contributed by atoms with van der Waals surface area (Å²) in [7, 11) is 12.4. The minimum absolute atomic E-state index is 0.000593. The van der Waals surface area contributed by atoms with E-state index in [0.29, 0.717) is 47.6 Å². The number of ether oxygens (including phenoxy) is 3. The lowest BCUT2D eigenvalue weighted by Crippen LogP contribution is -2.35. The number of benzene rings is 4. The molecule has 5 aliphatic heterocycles. The molecule has 4 aromatic rings. The molecule has 5 aliphatic rings. The van der Waals surface area contributed by atoms with E-state index in [-0.39, 0.29) is 23.6 Å². The second-order valence-electron chi connectivity index (χ2n) is 14.8. The van der Waals surface area contributed by atoms with Crippen molar-refractivity contribution in [1.82, 2.24) is 19.6 Å². The normalized spacial score (nSPS) is 19.8. The Labute approximate surface area is 288 Å².